The Balaban J connectivity index is 1.10. The van der Waals surface area contributed by atoms with Gasteiger partial charge in [0.25, 0.3) is 11.0 Å². The third-order valence-corrected chi connectivity index (χ3v) is 9.55. The van der Waals surface area contributed by atoms with E-state index in [0.717, 1.165) is 12.8 Å². The van der Waals surface area contributed by atoms with Crippen LogP contribution in [0.5, 0.6) is 28.7 Å². The van der Waals surface area contributed by atoms with Gasteiger partial charge in [-0.1, -0.05) is 35.9 Å². The highest BCUT2D eigenvalue weighted by Crippen LogP contribution is 2.40. The number of hydrogen-bond donors (Lipinski definition) is 0. The molecule has 0 aromatic heterocycles. The van der Waals surface area contributed by atoms with E-state index in [1.54, 1.807) is 53.4 Å². The van der Waals surface area contributed by atoms with Gasteiger partial charge in [0.2, 0.25) is 6.79 Å². The number of amides is 2. The van der Waals surface area contributed by atoms with Crippen LogP contribution in [0.4, 0.5) is 18.0 Å². The topological polar surface area (TPSA) is 139 Å². The summed E-state index contributed by atoms with van der Waals surface area (Å²) in [6.07, 6.45) is 1.15. The summed E-state index contributed by atoms with van der Waals surface area (Å²) in [6.45, 7) is -0.264. The molecule has 292 valence electrons. The van der Waals surface area contributed by atoms with E-state index < -0.39 is 34.4 Å². The molecule has 2 aliphatic heterocycles. The van der Waals surface area contributed by atoms with Crippen LogP contribution in [0, 0.1) is 27.6 Å². The fraction of sp³-hybridized carbons (Fsp3) is 0.282. The van der Waals surface area contributed by atoms with Crippen molar-refractivity contribution in [2.24, 2.45) is 0 Å². The Labute approximate surface area is 322 Å². The third kappa shape index (κ3) is 9.03. The summed E-state index contributed by atoms with van der Waals surface area (Å²) in [6, 6.07) is 17.4. The van der Waals surface area contributed by atoms with Crippen molar-refractivity contribution in [2.45, 2.75) is 38.5 Å². The predicted molar refractivity (Wildman–Crippen MR) is 192 cm³/mol. The molecule has 2 heterocycles. The van der Waals surface area contributed by atoms with Crippen LogP contribution < -0.4 is 23.7 Å². The number of rotatable bonds is 14. The summed E-state index contributed by atoms with van der Waals surface area (Å²) in [7, 11) is 0. The lowest BCUT2D eigenvalue weighted by Gasteiger charge is -2.33. The van der Waals surface area contributed by atoms with Crippen LogP contribution in [-0.4, -0.2) is 66.0 Å². The Bertz CT molecular complexity index is 2160. The maximum atomic E-state index is 14.6. The average molecular weight is 796 g/mol. The van der Waals surface area contributed by atoms with E-state index in [9.17, 15) is 32.9 Å². The number of carbonyl (C=O) groups excluding carboxylic acids is 2. The lowest BCUT2D eigenvalue weighted by atomic mass is 9.92. The SMILES string of the molecule is O=C(Oc1cccc(CO[N+](=O)[O-])c1)N1CCC(c2ccc(OCCOc3c(F)cc(F)cc3F)cc2)=C(C(=O)N(Cc2cc3c(cc2Cl)OCO3)C2CC2)C1. The summed E-state index contributed by atoms with van der Waals surface area (Å²) in [5, 5.41) is 10.2. The number of halogens is 4. The minimum atomic E-state index is -1.17. The van der Waals surface area contributed by atoms with Gasteiger partial charge in [-0.25, -0.2) is 18.0 Å². The monoisotopic (exact) mass is 795 g/mol. The van der Waals surface area contributed by atoms with Gasteiger partial charge in [0.05, 0.1) is 6.54 Å². The van der Waals surface area contributed by atoms with Gasteiger partial charge in [0.15, 0.2) is 28.9 Å². The summed E-state index contributed by atoms with van der Waals surface area (Å²) in [5.41, 5.74) is 2.87. The number of hydrogen-bond acceptors (Lipinski definition) is 10. The molecule has 0 spiro atoms. The standard InChI is InChI=1S/C39H33ClF3N3O10/c40-32-18-36-35(53-22-54-36)15-25(32)19-45(27-6-7-27)38(47)31-20-44(39(48)56-29-3-1-2-23(14-29)21-55-46(49)50)11-10-30(31)24-4-8-28(9-5-24)51-12-13-52-37-33(42)16-26(41)17-34(37)43/h1-5,8-9,14-18,27H,6-7,10-13,19-22H2. The quantitative estimate of drug-likeness (QED) is 0.0716. The van der Waals surface area contributed by atoms with E-state index in [1.807, 2.05) is 0 Å². The molecule has 0 N–H and O–H groups in total. The van der Waals surface area contributed by atoms with E-state index in [0.29, 0.717) is 68.7 Å². The van der Waals surface area contributed by atoms with E-state index in [-0.39, 0.29) is 63.9 Å². The largest absolute Gasteiger partial charge is 0.490 e. The molecular weight excluding hydrogens is 763 g/mol. The molecule has 0 saturated heterocycles. The predicted octanol–water partition coefficient (Wildman–Crippen LogP) is 7.50. The highest BCUT2D eigenvalue weighted by Gasteiger charge is 2.38. The first-order chi connectivity index (χ1) is 27.0. The zero-order chi connectivity index (χ0) is 39.3. The van der Waals surface area contributed by atoms with Crippen molar-refractivity contribution < 1.29 is 56.4 Å². The van der Waals surface area contributed by atoms with E-state index in [1.165, 1.54) is 17.0 Å². The molecule has 13 nitrogen and oxygen atoms in total. The molecule has 2 amide bonds. The second-order valence-corrected chi connectivity index (χ2v) is 13.4. The summed E-state index contributed by atoms with van der Waals surface area (Å²) in [5.74, 6) is -2.79. The third-order valence-electron chi connectivity index (χ3n) is 9.20. The Kier molecular flexibility index (Phi) is 11.4. The fourth-order valence-electron chi connectivity index (χ4n) is 6.34. The lowest BCUT2D eigenvalue weighted by molar-refractivity contribution is -0.763. The van der Waals surface area contributed by atoms with Crippen LogP contribution in [0.15, 0.2) is 78.4 Å². The smallest absolute Gasteiger partial charge is 0.415 e. The number of fused-ring (bicyclic) bond motifs is 1. The highest BCUT2D eigenvalue weighted by molar-refractivity contribution is 6.31. The van der Waals surface area contributed by atoms with Crippen LogP contribution in [0.2, 0.25) is 5.02 Å². The molecular formula is C39H33ClF3N3O10. The van der Waals surface area contributed by atoms with Crippen molar-refractivity contribution in [2.75, 3.05) is 33.1 Å². The molecule has 0 radical (unpaired) electrons. The molecule has 56 heavy (non-hydrogen) atoms. The normalized spacial score (nSPS) is 14.7. The van der Waals surface area contributed by atoms with Crippen LogP contribution in [-0.2, 0) is 22.8 Å². The molecule has 1 aliphatic carbocycles. The van der Waals surface area contributed by atoms with Crippen molar-refractivity contribution in [3.8, 4) is 28.7 Å². The number of benzene rings is 4. The van der Waals surface area contributed by atoms with E-state index >= 15 is 0 Å². The van der Waals surface area contributed by atoms with Gasteiger partial charge in [-0.05, 0) is 71.9 Å². The van der Waals surface area contributed by atoms with Crippen LogP contribution in [0.3, 0.4) is 0 Å². The van der Waals surface area contributed by atoms with Gasteiger partial charge in [-0.2, -0.15) is 0 Å². The van der Waals surface area contributed by atoms with Crippen molar-refractivity contribution in [1.82, 2.24) is 9.80 Å². The van der Waals surface area contributed by atoms with Crippen molar-refractivity contribution in [3.63, 3.8) is 0 Å². The maximum absolute atomic E-state index is 14.6. The average Bonchev–Trinajstić information content (AvgIpc) is 3.92. The molecule has 0 atom stereocenters. The number of nitrogens with zero attached hydrogens (tertiary/aromatic N) is 3. The maximum Gasteiger partial charge on any atom is 0.415 e. The van der Waals surface area contributed by atoms with Crippen molar-refractivity contribution in [3.05, 3.63) is 128 Å². The zero-order valence-electron chi connectivity index (χ0n) is 29.5. The summed E-state index contributed by atoms with van der Waals surface area (Å²) >= 11 is 6.63. The van der Waals surface area contributed by atoms with Gasteiger partial charge in [-0.15, -0.1) is 10.1 Å². The summed E-state index contributed by atoms with van der Waals surface area (Å²) < 4.78 is 68.5. The number of ether oxygens (including phenoxy) is 5. The first-order valence-electron chi connectivity index (χ1n) is 17.5. The minimum absolute atomic E-state index is 0.0564. The van der Waals surface area contributed by atoms with Gasteiger partial charge in [0.1, 0.15) is 37.1 Å². The first-order valence-corrected chi connectivity index (χ1v) is 17.8. The molecule has 4 aromatic carbocycles. The van der Waals surface area contributed by atoms with Crippen LogP contribution in [0.25, 0.3) is 5.57 Å². The van der Waals surface area contributed by atoms with E-state index in [2.05, 4.69) is 4.84 Å². The first kappa shape index (κ1) is 38.1. The summed E-state index contributed by atoms with van der Waals surface area (Å²) in [4.78, 5) is 46.4. The Morgan fingerprint density at radius 3 is 2.36 bits per heavy atom. The lowest BCUT2D eigenvalue weighted by Crippen LogP contribution is -2.44. The highest BCUT2D eigenvalue weighted by atomic mass is 35.5. The molecule has 7 rings (SSSR count). The van der Waals surface area contributed by atoms with Gasteiger partial charge >= 0.3 is 6.09 Å². The molecule has 1 saturated carbocycles. The minimum Gasteiger partial charge on any atom is -0.490 e. The second kappa shape index (κ2) is 16.7. The van der Waals surface area contributed by atoms with Gasteiger partial charge < -0.3 is 38.3 Å². The van der Waals surface area contributed by atoms with E-state index in [4.69, 9.17) is 35.3 Å². The Hall–Kier alpha value is -6.16. The molecule has 1 fully saturated rings. The van der Waals surface area contributed by atoms with Crippen molar-refractivity contribution in [1.29, 1.82) is 0 Å². The number of carbonyl (C=O) groups is 2. The molecule has 0 bridgehead atoms. The fourth-order valence-corrected chi connectivity index (χ4v) is 6.55. The van der Waals surface area contributed by atoms with Crippen LogP contribution in [0.1, 0.15) is 36.0 Å². The zero-order valence-corrected chi connectivity index (χ0v) is 30.3. The van der Waals surface area contributed by atoms with Crippen molar-refractivity contribution >= 4 is 29.2 Å². The second-order valence-electron chi connectivity index (χ2n) is 13.0. The van der Waals surface area contributed by atoms with Gasteiger partial charge in [0, 0.05) is 47.9 Å². The molecule has 0 unspecified atom stereocenters. The Morgan fingerprint density at radius 1 is 0.929 bits per heavy atom. The van der Waals surface area contributed by atoms with Crippen LogP contribution >= 0.6 is 11.6 Å². The Morgan fingerprint density at radius 2 is 1.64 bits per heavy atom. The molecule has 17 heteroatoms. The molecule has 3 aliphatic rings. The molecule has 4 aromatic rings. The van der Waals surface area contributed by atoms with Gasteiger partial charge in [-0.3, -0.25) is 4.79 Å².